The van der Waals surface area contributed by atoms with E-state index in [9.17, 15) is 9.59 Å². The Bertz CT molecular complexity index is 802. The van der Waals surface area contributed by atoms with Crippen molar-refractivity contribution >= 4 is 17.5 Å². The van der Waals surface area contributed by atoms with Crippen LogP contribution in [0.2, 0.25) is 0 Å². The summed E-state index contributed by atoms with van der Waals surface area (Å²) in [5, 5.41) is 8.90. The highest BCUT2D eigenvalue weighted by molar-refractivity contribution is 6.00. The van der Waals surface area contributed by atoms with E-state index in [4.69, 9.17) is 5.26 Å². The summed E-state index contributed by atoms with van der Waals surface area (Å²) in [6.45, 7) is 1.11. The zero-order valence-corrected chi connectivity index (χ0v) is 14.4. The third-order valence-electron chi connectivity index (χ3n) is 4.44. The van der Waals surface area contributed by atoms with Crippen LogP contribution in [-0.4, -0.2) is 34.8 Å². The maximum absolute atomic E-state index is 13.0. The molecule has 6 nitrogen and oxygen atoms in total. The Morgan fingerprint density at radius 1 is 1.27 bits per heavy atom. The van der Waals surface area contributed by atoms with Gasteiger partial charge in [-0.25, -0.2) is 0 Å². The number of nitrogens with zero attached hydrogens (tertiary/aromatic N) is 4. The normalized spacial score (nSPS) is 16.3. The van der Waals surface area contributed by atoms with E-state index in [2.05, 4.69) is 11.1 Å². The molecule has 2 heterocycles. The van der Waals surface area contributed by atoms with Crippen LogP contribution in [0.3, 0.4) is 0 Å². The van der Waals surface area contributed by atoms with Gasteiger partial charge in [-0.05, 0) is 23.8 Å². The molecule has 2 amide bonds. The summed E-state index contributed by atoms with van der Waals surface area (Å²) >= 11 is 0. The fourth-order valence-corrected chi connectivity index (χ4v) is 3.15. The smallest absolute Gasteiger partial charge is 0.228 e. The Morgan fingerprint density at radius 3 is 2.77 bits per heavy atom. The summed E-state index contributed by atoms with van der Waals surface area (Å²) in [6, 6.07) is 15.2. The SMILES string of the molecule is N#CCCN(Cc1cccnc1)C(=O)C1CC(=O)N(c2ccccc2)C1. The Labute approximate surface area is 152 Å². The minimum atomic E-state index is -0.391. The van der Waals surface area contributed by atoms with Gasteiger partial charge >= 0.3 is 0 Å². The van der Waals surface area contributed by atoms with Crippen molar-refractivity contribution in [2.75, 3.05) is 18.0 Å². The highest BCUT2D eigenvalue weighted by Crippen LogP contribution is 2.26. The van der Waals surface area contributed by atoms with Gasteiger partial charge in [0.25, 0.3) is 0 Å². The number of nitriles is 1. The van der Waals surface area contributed by atoms with Crippen molar-refractivity contribution in [2.24, 2.45) is 5.92 Å². The van der Waals surface area contributed by atoms with Crippen LogP contribution in [-0.2, 0) is 16.1 Å². The van der Waals surface area contributed by atoms with Gasteiger partial charge in [-0.2, -0.15) is 5.26 Å². The number of carbonyl (C=O) groups is 2. The average Bonchev–Trinajstić information content (AvgIpc) is 3.08. The van der Waals surface area contributed by atoms with Gasteiger partial charge in [-0.3, -0.25) is 14.6 Å². The molecule has 6 heteroatoms. The van der Waals surface area contributed by atoms with Crippen LogP contribution in [0.25, 0.3) is 0 Å². The molecule has 0 spiro atoms. The van der Waals surface area contributed by atoms with Gasteiger partial charge in [0, 0.05) is 44.1 Å². The third kappa shape index (κ3) is 4.06. The Hall–Kier alpha value is -3.20. The third-order valence-corrected chi connectivity index (χ3v) is 4.44. The maximum Gasteiger partial charge on any atom is 0.228 e. The Kier molecular flexibility index (Phi) is 5.59. The minimum absolute atomic E-state index is 0.0452. The van der Waals surface area contributed by atoms with Crippen molar-refractivity contribution in [3.05, 3.63) is 60.4 Å². The zero-order valence-electron chi connectivity index (χ0n) is 14.4. The van der Waals surface area contributed by atoms with Crippen LogP contribution in [0.4, 0.5) is 5.69 Å². The molecule has 1 aromatic heterocycles. The number of pyridine rings is 1. The van der Waals surface area contributed by atoms with E-state index in [-0.39, 0.29) is 24.7 Å². The van der Waals surface area contributed by atoms with E-state index in [0.717, 1.165) is 11.3 Å². The lowest BCUT2D eigenvalue weighted by Crippen LogP contribution is -2.37. The highest BCUT2D eigenvalue weighted by atomic mass is 16.2. The lowest BCUT2D eigenvalue weighted by Gasteiger charge is -2.25. The molecule has 1 aromatic carbocycles. The number of rotatable bonds is 6. The molecule has 2 aromatic rings. The Balaban J connectivity index is 1.72. The molecule has 132 valence electrons. The molecule has 0 radical (unpaired) electrons. The number of anilines is 1. The molecule has 1 atom stereocenters. The number of hydrogen-bond donors (Lipinski definition) is 0. The predicted octanol–water partition coefficient (Wildman–Crippen LogP) is 2.38. The largest absolute Gasteiger partial charge is 0.337 e. The van der Waals surface area contributed by atoms with E-state index >= 15 is 0 Å². The van der Waals surface area contributed by atoms with E-state index < -0.39 is 5.92 Å². The standard InChI is InChI=1S/C20H20N4O2/c21-9-5-11-23(14-16-6-4-10-22-13-16)20(26)17-12-19(25)24(15-17)18-7-2-1-3-8-18/h1-4,6-8,10,13,17H,5,11-12,14-15H2. The molecule has 0 saturated carbocycles. The molecule has 1 saturated heterocycles. The molecular weight excluding hydrogens is 328 g/mol. The first kappa shape index (κ1) is 17.6. The average molecular weight is 348 g/mol. The van der Waals surface area contributed by atoms with Crippen molar-refractivity contribution in [3.63, 3.8) is 0 Å². The first-order valence-electron chi connectivity index (χ1n) is 8.59. The van der Waals surface area contributed by atoms with E-state index in [1.165, 1.54) is 0 Å². The highest BCUT2D eigenvalue weighted by Gasteiger charge is 2.37. The lowest BCUT2D eigenvalue weighted by atomic mass is 10.1. The molecule has 1 unspecified atom stereocenters. The van der Waals surface area contributed by atoms with Crippen LogP contribution in [0.5, 0.6) is 0 Å². The fraction of sp³-hybridized carbons (Fsp3) is 0.300. The lowest BCUT2D eigenvalue weighted by molar-refractivity contribution is -0.136. The number of aromatic nitrogens is 1. The van der Waals surface area contributed by atoms with Gasteiger partial charge in [0.1, 0.15) is 0 Å². The van der Waals surface area contributed by atoms with Crippen molar-refractivity contribution in [2.45, 2.75) is 19.4 Å². The van der Waals surface area contributed by atoms with Gasteiger partial charge in [0.2, 0.25) is 11.8 Å². The molecular formula is C20H20N4O2. The molecule has 0 bridgehead atoms. The number of para-hydroxylation sites is 1. The fourth-order valence-electron chi connectivity index (χ4n) is 3.15. The summed E-state index contributed by atoms with van der Waals surface area (Å²) in [7, 11) is 0. The minimum Gasteiger partial charge on any atom is -0.337 e. The summed E-state index contributed by atoms with van der Waals surface area (Å²) in [5.74, 6) is -0.523. The van der Waals surface area contributed by atoms with Gasteiger partial charge < -0.3 is 9.80 Å². The quantitative estimate of drug-likeness (QED) is 0.803. The number of hydrogen-bond acceptors (Lipinski definition) is 4. The number of amides is 2. The number of carbonyl (C=O) groups excluding carboxylic acids is 2. The van der Waals surface area contributed by atoms with Crippen LogP contribution < -0.4 is 4.90 Å². The van der Waals surface area contributed by atoms with E-state index in [1.807, 2.05) is 42.5 Å². The van der Waals surface area contributed by atoms with Crippen molar-refractivity contribution in [3.8, 4) is 6.07 Å². The molecule has 1 fully saturated rings. The van der Waals surface area contributed by atoms with Crippen LogP contribution in [0, 0.1) is 17.2 Å². The second kappa shape index (κ2) is 8.26. The summed E-state index contributed by atoms with van der Waals surface area (Å²) in [4.78, 5) is 32.8. The second-order valence-electron chi connectivity index (χ2n) is 6.27. The van der Waals surface area contributed by atoms with Crippen LogP contribution in [0.1, 0.15) is 18.4 Å². The summed E-state index contributed by atoms with van der Waals surface area (Å²) < 4.78 is 0. The molecule has 1 aliphatic rings. The first-order valence-corrected chi connectivity index (χ1v) is 8.59. The van der Waals surface area contributed by atoms with Crippen molar-refractivity contribution in [1.29, 1.82) is 5.26 Å². The summed E-state index contributed by atoms with van der Waals surface area (Å²) in [6.07, 6.45) is 3.85. The van der Waals surface area contributed by atoms with Gasteiger partial charge in [0.15, 0.2) is 0 Å². The predicted molar refractivity (Wildman–Crippen MR) is 96.8 cm³/mol. The second-order valence-corrected chi connectivity index (χ2v) is 6.27. The van der Waals surface area contributed by atoms with E-state index in [1.54, 1.807) is 22.2 Å². The maximum atomic E-state index is 13.0. The number of benzene rings is 1. The molecule has 1 aliphatic heterocycles. The molecule has 3 rings (SSSR count). The van der Waals surface area contributed by atoms with E-state index in [0.29, 0.717) is 19.6 Å². The monoisotopic (exact) mass is 348 g/mol. The van der Waals surface area contributed by atoms with Gasteiger partial charge in [-0.1, -0.05) is 24.3 Å². The molecule has 0 aliphatic carbocycles. The summed E-state index contributed by atoms with van der Waals surface area (Å²) in [5.41, 5.74) is 1.71. The molecule has 0 N–H and O–H groups in total. The zero-order chi connectivity index (χ0) is 18.4. The first-order chi connectivity index (χ1) is 12.7. The van der Waals surface area contributed by atoms with Crippen LogP contribution >= 0.6 is 0 Å². The molecule has 26 heavy (non-hydrogen) atoms. The topological polar surface area (TPSA) is 77.3 Å². The van der Waals surface area contributed by atoms with Gasteiger partial charge in [0.05, 0.1) is 18.4 Å². The van der Waals surface area contributed by atoms with Crippen molar-refractivity contribution < 1.29 is 9.59 Å². The van der Waals surface area contributed by atoms with Gasteiger partial charge in [-0.15, -0.1) is 0 Å². The van der Waals surface area contributed by atoms with Crippen molar-refractivity contribution in [1.82, 2.24) is 9.88 Å². The Morgan fingerprint density at radius 2 is 2.08 bits per heavy atom. The van der Waals surface area contributed by atoms with Crippen LogP contribution in [0.15, 0.2) is 54.9 Å².